The van der Waals surface area contributed by atoms with Crippen LogP contribution in [-0.4, -0.2) is 50.8 Å². The number of nitrogens with zero attached hydrogens (tertiary/aromatic N) is 1. The van der Waals surface area contributed by atoms with E-state index in [0.29, 0.717) is 30.9 Å². The van der Waals surface area contributed by atoms with Gasteiger partial charge in [-0.1, -0.05) is 32.4 Å². The van der Waals surface area contributed by atoms with Crippen molar-refractivity contribution in [2.75, 3.05) is 27.9 Å². The van der Waals surface area contributed by atoms with E-state index < -0.39 is 18.1 Å². The molecule has 8 heteroatoms. The second-order valence-corrected chi connectivity index (χ2v) is 8.14. The van der Waals surface area contributed by atoms with Crippen LogP contribution in [0.2, 0.25) is 0 Å². The molecule has 0 fully saturated rings. The minimum Gasteiger partial charge on any atom is -0.493 e. The highest BCUT2D eigenvalue weighted by molar-refractivity contribution is 5.84. The number of hydrogen-bond acceptors (Lipinski definition) is 5. The number of carbonyl (C=O) groups is 2. The molecular weight excluding hydrogens is 427 g/mol. The molecule has 2 aromatic rings. The van der Waals surface area contributed by atoms with Gasteiger partial charge in [0.15, 0.2) is 11.5 Å². The summed E-state index contributed by atoms with van der Waals surface area (Å²) in [7, 11) is 4.44. The molecule has 7 nitrogen and oxygen atoms in total. The molecule has 2 aromatic carbocycles. The SMILES string of the molecule is CC[C@@H](C)[C@H](NC(=O)N1CCc2cc(OC)c(OC)cc2[C@H]1c1ccc(F)cc1)C(=O)OC. The van der Waals surface area contributed by atoms with Crippen LogP contribution in [0.1, 0.15) is 43.0 Å². The minimum atomic E-state index is -0.770. The standard InChI is InChI=1S/C25H31FN2O5/c1-6-15(2)22(24(29)33-5)27-25(30)28-12-11-17-13-20(31-3)21(32-4)14-19(17)23(28)16-7-9-18(26)10-8-16/h7-10,13-15,22-23H,6,11-12H2,1-5H3,(H,27,30)/t15-,22+,23-/m1/s1. The Morgan fingerprint density at radius 3 is 2.33 bits per heavy atom. The fourth-order valence-corrected chi connectivity index (χ4v) is 4.18. The number of amides is 2. The monoisotopic (exact) mass is 458 g/mol. The summed E-state index contributed by atoms with van der Waals surface area (Å²) in [6, 6.07) is 8.19. The van der Waals surface area contributed by atoms with Gasteiger partial charge in [0.05, 0.1) is 27.4 Å². The van der Waals surface area contributed by atoms with Gasteiger partial charge in [-0.25, -0.2) is 14.0 Å². The van der Waals surface area contributed by atoms with Crippen molar-refractivity contribution >= 4 is 12.0 Å². The van der Waals surface area contributed by atoms with E-state index >= 15 is 0 Å². The van der Waals surface area contributed by atoms with Crippen LogP contribution in [-0.2, 0) is 16.0 Å². The topological polar surface area (TPSA) is 77.1 Å². The summed E-state index contributed by atoms with van der Waals surface area (Å²) in [6.45, 7) is 4.25. The van der Waals surface area contributed by atoms with Crippen LogP contribution < -0.4 is 14.8 Å². The summed E-state index contributed by atoms with van der Waals surface area (Å²) in [5.74, 6) is 0.194. The molecule has 3 atom stereocenters. The normalized spacial score (nSPS) is 16.9. The van der Waals surface area contributed by atoms with Crippen molar-refractivity contribution in [3.05, 3.63) is 58.9 Å². The average Bonchev–Trinajstić information content (AvgIpc) is 2.85. The van der Waals surface area contributed by atoms with Crippen LogP contribution in [0, 0.1) is 11.7 Å². The lowest BCUT2D eigenvalue weighted by Gasteiger charge is -2.39. The summed E-state index contributed by atoms with van der Waals surface area (Å²) in [5, 5.41) is 2.86. The summed E-state index contributed by atoms with van der Waals surface area (Å²) < 4.78 is 29.5. The van der Waals surface area contributed by atoms with E-state index in [1.54, 1.807) is 31.3 Å². The Labute approximate surface area is 193 Å². The maximum atomic E-state index is 13.7. The second kappa shape index (κ2) is 10.6. The predicted molar refractivity (Wildman–Crippen MR) is 122 cm³/mol. The number of urea groups is 1. The minimum absolute atomic E-state index is 0.105. The average molecular weight is 459 g/mol. The van der Waals surface area contributed by atoms with Gasteiger partial charge in [-0.05, 0) is 53.3 Å². The van der Waals surface area contributed by atoms with Crippen LogP contribution in [0.5, 0.6) is 11.5 Å². The highest BCUT2D eigenvalue weighted by atomic mass is 19.1. The number of rotatable bonds is 7. The summed E-state index contributed by atoms with van der Waals surface area (Å²) in [5.41, 5.74) is 2.62. The number of carbonyl (C=O) groups excluding carboxylic acids is 2. The van der Waals surface area contributed by atoms with E-state index in [1.165, 1.54) is 19.2 Å². The predicted octanol–water partition coefficient (Wildman–Crippen LogP) is 4.09. The van der Waals surface area contributed by atoms with Gasteiger partial charge in [-0.3, -0.25) is 0 Å². The van der Waals surface area contributed by atoms with Gasteiger partial charge in [0.1, 0.15) is 11.9 Å². The van der Waals surface area contributed by atoms with Crippen LogP contribution in [0.25, 0.3) is 0 Å². The maximum absolute atomic E-state index is 13.7. The van der Waals surface area contributed by atoms with E-state index in [1.807, 2.05) is 26.0 Å². The number of methoxy groups -OCH3 is 3. The van der Waals surface area contributed by atoms with Crippen LogP contribution >= 0.6 is 0 Å². The molecule has 2 amide bonds. The quantitative estimate of drug-likeness (QED) is 0.633. The second-order valence-electron chi connectivity index (χ2n) is 8.14. The zero-order valence-electron chi connectivity index (χ0n) is 19.7. The first-order chi connectivity index (χ1) is 15.8. The molecule has 0 saturated carbocycles. The molecule has 0 unspecified atom stereocenters. The number of nitrogens with one attached hydrogen (secondary N) is 1. The van der Waals surface area contributed by atoms with Crippen molar-refractivity contribution in [1.82, 2.24) is 10.2 Å². The van der Waals surface area contributed by atoms with E-state index in [-0.39, 0.29) is 17.8 Å². The maximum Gasteiger partial charge on any atom is 0.328 e. The molecule has 3 rings (SSSR count). The Morgan fingerprint density at radius 2 is 1.76 bits per heavy atom. The molecule has 0 spiro atoms. The molecule has 0 aliphatic carbocycles. The molecular formula is C25H31FN2O5. The number of fused-ring (bicyclic) bond motifs is 1. The molecule has 0 aromatic heterocycles. The zero-order valence-corrected chi connectivity index (χ0v) is 19.7. The van der Waals surface area contributed by atoms with Gasteiger partial charge < -0.3 is 24.4 Å². The van der Waals surface area contributed by atoms with Gasteiger partial charge in [0.25, 0.3) is 0 Å². The van der Waals surface area contributed by atoms with E-state index in [2.05, 4.69) is 5.32 Å². The van der Waals surface area contributed by atoms with Crippen LogP contribution in [0.15, 0.2) is 36.4 Å². The summed E-state index contributed by atoms with van der Waals surface area (Å²) in [4.78, 5) is 27.5. The Hall–Kier alpha value is -3.29. The van der Waals surface area contributed by atoms with Gasteiger partial charge in [-0.15, -0.1) is 0 Å². The Balaban J connectivity index is 2.04. The summed E-state index contributed by atoms with van der Waals surface area (Å²) in [6.07, 6.45) is 1.29. The van der Waals surface area contributed by atoms with Crippen molar-refractivity contribution in [3.8, 4) is 11.5 Å². The fourth-order valence-electron chi connectivity index (χ4n) is 4.18. The van der Waals surface area contributed by atoms with E-state index in [9.17, 15) is 14.0 Å². The lowest BCUT2D eigenvalue weighted by molar-refractivity contribution is -0.144. The lowest BCUT2D eigenvalue weighted by Crippen LogP contribution is -2.53. The highest BCUT2D eigenvalue weighted by Crippen LogP contribution is 2.41. The number of benzene rings is 2. The third kappa shape index (κ3) is 5.05. The third-order valence-corrected chi connectivity index (χ3v) is 6.27. The van der Waals surface area contributed by atoms with Gasteiger partial charge >= 0.3 is 12.0 Å². The molecule has 0 radical (unpaired) electrons. The number of hydrogen-bond donors (Lipinski definition) is 1. The van der Waals surface area contributed by atoms with Crippen molar-refractivity contribution in [3.63, 3.8) is 0 Å². The van der Waals surface area contributed by atoms with Crippen molar-refractivity contribution in [2.45, 2.75) is 38.8 Å². The smallest absolute Gasteiger partial charge is 0.328 e. The number of ether oxygens (including phenoxy) is 3. The first kappa shape index (κ1) is 24.4. The fraction of sp³-hybridized carbons (Fsp3) is 0.440. The van der Waals surface area contributed by atoms with Gasteiger partial charge in [-0.2, -0.15) is 0 Å². The van der Waals surface area contributed by atoms with Gasteiger partial charge in [0.2, 0.25) is 0 Å². The van der Waals surface area contributed by atoms with Crippen molar-refractivity contribution in [1.29, 1.82) is 0 Å². The third-order valence-electron chi connectivity index (χ3n) is 6.27. The summed E-state index contributed by atoms with van der Waals surface area (Å²) >= 11 is 0. The molecule has 1 heterocycles. The van der Waals surface area contributed by atoms with Crippen molar-refractivity contribution < 1.29 is 28.2 Å². The highest BCUT2D eigenvalue weighted by Gasteiger charge is 2.36. The Bertz CT molecular complexity index is 995. The van der Waals surface area contributed by atoms with Crippen LogP contribution in [0.3, 0.4) is 0 Å². The first-order valence-electron chi connectivity index (χ1n) is 11.0. The molecule has 33 heavy (non-hydrogen) atoms. The first-order valence-corrected chi connectivity index (χ1v) is 11.0. The molecule has 1 N–H and O–H groups in total. The molecule has 1 aliphatic heterocycles. The lowest BCUT2D eigenvalue weighted by atomic mass is 9.87. The zero-order chi connectivity index (χ0) is 24.1. The molecule has 0 saturated heterocycles. The van der Waals surface area contributed by atoms with Crippen molar-refractivity contribution in [2.24, 2.45) is 5.92 Å². The van der Waals surface area contributed by atoms with E-state index in [0.717, 1.165) is 16.7 Å². The Morgan fingerprint density at radius 1 is 1.12 bits per heavy atom. The number of esters is 1. The molecule has 1 aliphatic rings. The Kier molecular flexibility index (Phi) is 7.79. The number of halogens is 1. The largest absolute Gasteiger partial charge is 0.493 e. The van der Waals surface area contributed by atoms with Gasteiger partial charge in [0, 0.05) is 6.54 Å². The van der Waals surface area contributed by atoms with Crippen LogP contribution in [0.4, 0.5) is 9.18 Å². The molecule has 178 valence electrons. The van der Waals surface area contributed by atoms with E-state index in [4.69, 9.17) is 14.2 Å². The molecule has 0 bridgehead atoms.